The molecule has 3 aromatic carbocycles. The van der Waals surface area contributed by atoms with Crippen LogP contribution in [-0.4, -0.2) is 22.6 Å². The number of thioether (sulfide) groups is 1. The molecule has 0 aromatic heterocycles. The Kier molecular flexibility index (Phi) is 6.72. The van der Waals surface area contributed by atoms with Gasteiger partial charge in [0, 0.05) is 16.3 Å². The molecule has 1 fully saturated rings. The maximum absolute atomic E-state index is 12.8. The van der Waals surface area contributed by atoms with Crippen molar-refractivity contribution in [3.8, 4) is 0 Å². The molecule has 1 heterocycles. The Balaban J connectivity index is 1.46. The van der Waals surface area contributed by atoms with E-state index in [1.807, 2.05) is 66.7 Å². The zero-order valence-electron chi connectivity index (χ0n) is 16.4. The van der Waals surface area contributed by atoms with Crippen LogP contribution in [0.5, 0.6) is 0 Å². The van der Waals surface area contributed by atoms with Crippen LogP contribution in [0.15, 0.2) is 99.6 Å². The molecule has 3 aromatic rings. The molecule has 2 amide bonds. The maximum Gasteiger partial charge on any atom is 0.293 e. The van der Waals surface area contributed by atoms with Crippen molar-refractivity contribution in [2.24, 2.45) is 0 Å². The lowest BCUT2D eigenvalue weighted by Crippen LogP contribution is -2.29. The smallest absolute Gasteiger partial charge is 0.268 e. The normalized spacial score (nSPS) is 15.2. The molecule has 0 unspecified atom stereocenters. The first-order valence-corrected chi connectivity index (χ1v) is 11.5. The van der Waals surface area contributed by atoms with Crippen LogP contribution in [0, 0.1) is 0 Å². The first kappa shape index (κ1) is 20.5. The van der Waals surface area contributed by atoms with Gasteiger partial charge in [-0.2, -0.15) is 0 Å². The monoisotopic (exact) mass is 431 g/mol. The number of rotatable bonds is 7. The van der Waals surface area contributed by atoms with E-state index in [2.05, 4.69) is 24.3 Å². The molecule has 4 rings (SSSR count). The standard InChI is InChI=1S/C25H21NO2S2/c27-24-23(30-25(28)26(24)17-9-12-19-10-3-1-4-11-19)18-20-13-7-8-16-22(20)29-21-14-5-2-6-15-21/h1-8,10-11,13-16,18H,9,12,17H2/b23-18-. The van der Waals surface area contributed by atoms with Gasteiger partial charge in [-0.15, -0.1) is 0 Å². The number of benzene rings is 3. The van der Waals surface area contributed by atoms with Gasteiger partial charge in [0.05, 0.1) is 4.91 Å². The van der Waals surface area contributed by atoms with Crippen molar-refractivity contribution in [3.63, 3.8) is 0 Å². The minimum atomic E-state index is -0.197. The van der Waals surface area contributed by atoms with Crippen molar-refractivity contribution in [3.05, 3.63) is 101 Å². The van der Waals surface area contributed by atoms with Gasteiger partial charge in [0.15, 0.2) is 0 Å². The average molecular weight is 432 g/mol. The number of nitrogens with zero attached hydrogens (tertiary/aromatic N) is 1. The molecule has 0 bridgehead atoms. The van der Waals surface area contributed by atoms with E-state index in [0.29, 0.717) is 11.4 Å². The Morgan fingerprint density at radius 1 is 0.833 bits per heavy atom. The van der Waals surface area contributed by atoms with E-state index in [1.165, 1.54) is 10.5 Å². The highest BCUT2D eigenvalue weighted by Crippen LogP contribution is 2.36. The molecule has 0 radical (unpaired) electrons. The van der Waals surface area contributed by atoms with Crippen molar-refractivity contribution >= 4 is 40.7 Å². The Labute approximate surface area is 185 Å². The van der Waals surface area contributed by atoms with Gasteiger partial charge in [0.2, 0.25) is 0 Å². The van der Waals surface area contributed by atoms with Gasteiger partial charge in [-0.05, 0) is 60.0 Å². The van der Waals surface area contributed by atoms with E-state index in [4.69, 9.17) is 0 Å². The molecule has 1 aliphatic rings. The Bertz CT molecular complexity index is 1060. The zero-order valence-corrected chi connectivity index (χ0v) is 18.0. The topological polar surface area (TPSA) is 37.4 Å². The van der Waals surface area contributed by atoms with Crippen molar-refractivity contribution in [1.82, 2.24) is 4.90 Å². The van der Waals surface area contributed by atoms with Crippen LogP contribution in [0.2, 0.25) is 0 Å². The second-order valence-corrected chi connectivity index (χ2v) is 8.98. The molecule has 0 atom stereocenters. The molecule has 150 valence electrons. The van der Waals surface area contributed by atoms with Gasteiger partial charge in [0.25, 0.3) is 11.1 Å². The van der Waals surface area contributed by atoms with Crippen molar-refractivity contribution in [1.29, 1.82) is 0 Å². The van der Waals surface area contributed by atoms with E-state index >= 15 is 0 Å². The van der Waals surface area contributed by atoms with Crippen molar-refractivity contribution in [2.75, 3.05) is 6.54 Å². The number of amides is 2. The minimum absolute atomic E-state index is 0.187. The van der Waals surface area contributed by atoms with Crippen LogP contribution in [0.1, 0.15) is 17.5 Å². The number of aryl methyl sites for hydroxylation is 1. The summed E-state index contributed by atoms with van der Waals surface area (Å²) in [6.07, 6.45) is 3.45. The number of imide groups is 1. The second-order valence-electron chi connectivity index (χ2n) is 6.88. The van der Waals surface area contributed by atoms with Gasteiger partial charge in [-0.25, -0.2) is 0 Å². The molecule has 5 heteroatoms. The van der Waals surface area contributed by atoms with E-state index in [9.17, 15) is 9.59 Å². The highest BCUT2D eigenvalue weighted by molar-refractivity contribution is 8.18. The van der Waals surface area contributed by atoms with Gasteiger partial charge < -0.3 is 0 Å². The van der Waals surface area contributed by atoms with Crippen LogP contribution in [0.25, 0.3) is 6.08 Å². The number of carbonyl (C=O) groups excluding carboxylic acids is 2. The molecule has 0 spiro atoms. The third-order valence-electron chi connectivity index (χ3n) is 4.74. The van der Waals surface area contributed by atoms with Crippen molar-refractivity contribution < 1.29 is 9.59 Å². The Morgan fingerprint density at radius 2 is 1.50 bits per heavy atom. The van der Waals surface area contributed by atoms with E-state index in [0.717, 1.165) is 40.0 Å². The van der Waals surface area contributed by atoms with E-state index < -0.39 is 0 Å². The molecular weight excluding hydrogens is 410 g/mol. The van der Waals surface area contributed by atoms with Gasteiger partial charge in [0.1, 0.15) is 0 Å². The molecule has 0 N–H and O–H groups in total. The number of hydrogen-bond acceptors (Lipinski definition) is 4. The van der Waals surface area contributed by atoms with Gasteiger partial charge in [-0.3, -0.25) is 14.5 Å². The fourth-order valence-corrected chi connectivity index (χ4v) is 5.02. The predicted octanol–water partition coefficient (Wildman–Crippen LogP) is 6.51. The molecule has 1 aliphatic heterocycles. The lowest BCUT2D eigenvalue weighted by Gasteiger charge is -2.12. The van der Waals surface area contributed by atoms with E-state index in [-0.39, 0.29) is 11.1 Å². The molecule has 3 nitrogen and oxygen atoms in total. The minimum Gasteiger partial charge on any atom is -0.268 e. The summed E-state index contributed by atoms with van der Waals surface area (Å²) in [4.78, 5) is 29.3. The highest BCUT2D eigenvalue weighted by atomic mass is 32.2. The molecule has 0 saturated carbocycles. The largest absolute Gasteiger partial charge is 0.293 e. The summed E-state index contributed by atoms with van der Waals surface area (Å²) in [5.41, 5.74) is 2.16. The fourth-order valence-electron chi connectivity index (χ4n) is 3.23. The average Bonchev–Trinajstić information content (AvgIpc) is 3.04. The number of hydrogen-bond donors (Lipinski definition) is 0. The quantitative estimate of drug-likeness (QED) is 0.400. The Hall–Kier alpha value is -2.76. The first-order valence-electron chi connectivity index (χ1n) is 9.82. The number of carbonyl (C=O) groups is 2. The summed E-state index contributed by atoms with van der Waals surface area (Å²) in [7, 11) is 0. The SMILES string of the molecule is O=C1S/C(=C\c2ccccc2Sc2ccccc2)C(=O)N1CCCc1ccccc1. The summed E-state index contributed by atoms with van der Waals surface area (Å²) in [5, 5.41) is -0.187. The van der Waals surface area contributed by atoms with Gasteiger partial charge in [-0.1, -0.05) is 78.5 Å². The summed E-state index contributed by atoms with van der Waals surface area (Å²) >= 11 is 2.68. The first-order chi connectivity index (χ1) is 14.7. The molecule has 30 heavy (non-hydrogen) atoms. The third-order valence-corrected chi connectivity index (χ3v) is 6.75. The van der Waals surface area contributed by atoms with Crippen molar-refractivity contribution in [2.45, 2.75) is 22.6 Å². The lowest BCUT2D eigenvalue weighted by molar-refractivity contribution is -0.122. The molecule has 1 saturated heterocycles. The highest BCUT2D eigenvalue weighted by Gasteiger charge is 2.34. The summed E-state index contributed by atoms with van der Waals surface area (Å²) < 4.78 is 0. The van der Waals surface area contributed by atoms with Crippen LogP contribution in [0.3, 0.4) is 0 Å². The third kappa shape index (κ3) is 5.04. The van der Waals surface area contributed by atoms with Gasteiger partial charge >= 0.3 is 0 Å². The van der Waals surface area contributed by atoms with Crippen LogP contribution < -0.4 is 0 Å². The summed E-state index contributed by atoms with van der Waals surface area (Å²) in [6.45, 7) is 0.442. The fraction of sp³-hybridized carbons (Fsp3) is 0.120. The summed E-state index contributed by atoms with van der Waals surface area (Å²) in [6, 6.07) is 28.2. The van der Waals surface area contributed by atoms with Crippen LogP contribution in [-0.2, 0) is 11.2 Å². The predicted molar refractivity (Wildman–Crippen MR) is 124 cm³/mol. The second kappa shape index (κ2) is 9.83. The Morgan fingerprint density at radius 3 is 2.27 bits per heavy atom. The van der Waals surface area contributed by atoms with Crippen LogP contribution in [0.4, 0.5) is 4.79 Å². The zero-order chi connectivity index (χ0) is 20.8. The maximum atomic E-state index is 12.8. The lowest BCUT2D eigenvalue weighted by atomic mass is 10.1. The summed E-state index contributed by atoms with van der Waals surface area (Å²) in [5.74, 6) is -0.197. The molecular formula is C25H21NO2S2. The van der Waals surface area contributed by atoms with E-state index in [1.54, 1.807) is 11.8 Å². The molecule has 0 aliphatic carbocycles. The van der Waals surface area contributed by atoms with Crippen LogP contribution >= 0.6 is 23.5 Å².